The third kappa shape index (κ3) is 3.62. The largest absolute Gasteiger partial charge is 0.370 e. The second-order valence-corrected chi connectivity index (χ2v) is 6.28. The van der Waals surface area contributed by atoms with E-state index in [1.165, 1.54) is 25.7 Å². The lowest BCUT2D eigenvalue weighted by atomic mass is 10.0. The van der Waals surface area contributed by atoms with Crippen molar-refractivity contribution in [1.29, 1.82) is 0 Å². The molecular weight excluding hydrogens is 264 g/mol. The number of hydrogen-bond donors (Lipinski definition) is 0. The van der Waals surface area contributed by atoms with Crippen LogP contribution in [0.1, 0.15) is 49.5 Å². The molecule has 0 N–H and O–H groups in total. The highest BCUT2D eigenvalue weighted by atomic mass is 16.5. The normalized spacial score (nSPS) is 23.5. The van der Waals surface area contributed by atoms with Gasteiger partial charge in [0.15, 0.2) is 0 Å². The summed E-state index contributed by atoms with van der Waals surface area (Å²) in [5, 5.41) is 0. The van der Waals surface area contributed by atoms with E-state index in [4.69, 9.17) is 4.74 Å². The number of aromatic nitrogens is 1. The van der Waals surface area contributed by atoms with E-state index in [9.17, 15) is 4.79 Å². The van der Waals surface area contributed by atoms with Crippen LogP contribution in [0.25, 0.3) is 0 Å². The molecule has 1 saturated heterocycles. The fraction of sp³-hybridized carbons (Fsp3) is 0.647. The van der Waals surface area contributed by atoms with Crippen molar-refractivity contribution in [2.24, 2.45) is 5.92 Å². The molecule has 114 valence electrons. The maximum Gasteiger partial charge on any atom is 0.223 e. The van der Waals surface area contributed by atoms with Gasteiger partial charge in [0.1, 0.15) is 6.10 Å². The van der Waals surface area contributed by atoms with Crippen molar-refractivity contribution < 1.29 is 9.53 Å². The summed E-state index contributed by atoms with van der Waals surface area (Å²) in [6, 6.07) is 4.04. The topological polar surface area (TPSA) is 42.4 Å². The van der Waals surface area contributed by atoms with Crippen molar-refractivity contribution in [1.82, 2.24) is 9.88 Å². The van der Waals surface area contributed by atoms with Gasteiger partial charge in [0.05, 0.1) is 13.2 Å². The molecule has 4 nitrogen and oxygen atoms in total. The maximum absolute atomic E-state index is 12.5. The van der Waals surface area contributed by atoms with Crippen LogP contribution in [0, 0.1) is 12.8 Å². The zero-order chi connectivity index (χ0) is 14.7. The Morgan fingerprint density at radius 3 is 3.00 bits per heavy atom. The lowest BCUT2D eigenvalue weighted by molar-refractivity contribution is -0.140. The van der Waals surface area contributed by atoms with Crippen molar-refractivity contribution in [3.8, 4) is 0 Å². The molecule has 0 spiro atoms. The lowest BCUT2D eigenvalue weighted by Crippen LogP contribution is -2.42. The number of rotatable bonds is 3. The number of carbonyl (C=O) groups excluding carboxylic acids is 1. The Bertz CT molecular complexity index is 497. The Balaban J connectivity index is 1.61. The molecule has 1 aliphatic carbocycles. The third-order valence-corrected chi connectivity index (χ3v) is 4.65. The van der Waals surface area contributed by atoms with Gasteiger partial charge in [-0.3, -0.25) is 9.78 Å². The summed E-state index contributed by atoms with van der Waals surface area (Å²) in [5.74, 6) is 0.919. The van der Waals surface area contributed by atoms with E-state index in [0.29, 0.717) is 25.0 Å². The van der Waals surface area contributed by atoms with Gasteiger partial charge in [-0.05, 0) is 43.4 Å². The van der Waals surface area contributed by atoms with Crippen LogP contribution in [-0.4, -0.2) is 35.5 Å². The van der Waals surface area contributed by atoms with Crippen LogP contribution >= 0.6 is 0 Å². The minimum atomic E-state index is -0.00650. The first-order chi connectivity index (χ1) is 10.2. The monoisotopic (exact) mass is 288 g/mol. The van der Waals surface area contributed by atoms with E-state index in [1.54, 1.807) is 0 Å². The zero-order valence-electron chi connectivity index (χ0n) is 12.8. The summed E-state index contributed by atoms with van der Waals surface area (Å²) in [6.45, 7) is 4.01. The molecule has 0 unspecified atom stereocenters. The zero-order valence-corrected chi connectivity index (χ0v) is 12.8. The van der Waals surface area contributed by atoms with E-state index in [-0.39, 0.29) is 6.10 Å². The molecule has 1 aromatic heterocycles. The van der Waals surface area contributed by atoms with Crippen molar-refractivity contribution in [2.45, 2.75) is 45.1 Å². The van der Waals surface area contributed by atoms with Crippen molar-refractivity contribution >= 4 is 5.91 Å². The molecular formula is C17H24N2O2. The summed E-state index contributed by atoms with van der Waals surface area (Å²) in [4.78, 5) is 18.7. The summed E-state index contributed by atoms with van der Waals surface area (Å²) < 4.78 is 5.85. The summed E-state index contributed by atoms with van der Waals surface area (Å²) in [6.07, 6.45) is 7.56. The average molecular weight is 288 g/mol. The van der Waals surface area contributed by atoms with Gasteiger partial charge in [-0.2, -0.15) is 0 Å². The number of carbonyl (C=O) groups is 1. The fourth-order valence-electron chi connectivity index (χ4n) is 3.44. The molecule has 2 fully saturated rings. The molecule has 1 aliphatic heterocycles. The van der Waals surface area contributed by atoms with Gasteiger partial charge in [0.25, 0.3) is 0 Å². The van der Waals surface area contributed by atoms with Gasteiger partial charge in [-0.1, -0.05) is 12.8 Å². The summed E-state index contributed by atoms with van der Waals surface area (Å²) in [5.41, 5.74) is 2.12. The van der Waals surface area contributed by atoms with Crippen LogP contribution in [0.2, 0.25) is 0 Å². The van der Waals surface area contributed by atoms with Crippen LogP contribution in [0.5, 0.6) is 0 Å². The van der Waals surface area contributed by atoms with E-state index >= 15 is 0 Å². The van der Waals surface area contributed by atoms with Gasteiger partial charge < -0.3 is 9.64 Å². The predicted octanol–water partition coefficient (Wildman–Crippen LogP) is 2.87. The van der Waals surface area contributed by atoms with Gasteiger partial charge in [0.2, 0.25) is 5.91 Å². The van der Waals surface area contributed by atoms with E-state index in [2.05, 4.69) is 11.1 Å². The molecule has 21 heavy (non-hydrogen) atoms. The summed E-state index contributed by atoms with van der Waals surface area (Å²) >= 11 is 0. The second-order valence-electron chi connectivity index (χ2n) is 6.28. The smallest absolute Gasteiger partial charge is 0.223 e. The molecule has 3 rings (SSSR count). The van der Waals surface area contributed by atoms with Crippen LogP contribution in [-0.2, 0) is 9.53 Å². The fourth-order valence-corrected chi connectivity index (χ4v) is 3.44. The molecule has 1 amide bonds. The second kappa shape index (κ2) is 6.56. The predicted molar refractivity (Wildman–Crippen MR) is 80.8 cm³/mol. The van der Waals surface area contributed by atoms with Gasteiger partial charge in [0, 0.05) is 24.9 Å². The number of ether oxygens (including phenoxy) is 1. The highest BCUT2D eigenvalue weighted by molar-refractivity contribution is 5.76. The Labute approximate surface area is 126 Å². The number of pyridine rings is 1. The van der Waals surface area contributed by atoms with Gasteiger partial charge in [-0.15, -0.1) is 0 Å². The molecule has 1 saturated carbocycles. The molecule has 2 aliphatic rings. The average Bonchev–Trinajstić information content (AvgIpc) is 3.00. The first kappa shape index (κ1) is 14.5. The molecule has 0 bridgehead atoms. The lowest BCUT2D eigenvalue weighted by Gasteiger charge is -2.34. The number of aryl methyl sites for hydroxylation is 1. The summed E-state index contributed by atoms with van der Waals surface area (Å²) in [7, 11) is 0. The Hall–Kier alpha value is -1.42. The van der Waals surface area contributed by atoms with E-state index in [0.717, 1.165) is 24.2 Å². The highest BCUT2D eigenvalue weighted by Crippen LogP contribution is 2.29. The first-order valence-corrected chi connectivity index (χ1v) is 8.04. The van der Waals surface area contributed by atoms with Crippen LogP contribution in [0.4, 0.5) is 0 Å². The number of amides is 1. The molecule has 2 heterocycles. The molecule has 0 aromatic carbocycles. The Kier molecular flexibility index (Phi) is 4.54. The maximum atomic E-state index is 12.5. The van der Waals surface area contributed by atoms with Gasteiger partial charge >= 0.3 is 0 Å². The van der Waals surface area contributed by atoms with E-state index in [1.807, 2.05) is 24.1 Å². The number of morpholine rings is 1. The third-order valence-electron chi connectivity index (χ3n) is 4.65. The number of nitrogens with zero attached hydrogens (tertiary/aromatic N) is 2. The minimum Gasteiger partial charge on any atom is -0.370 e. The van der Waals surface area contributed by atoms with Crippen LogP contribution < -0.4 is 0 Å². The molecule has 1 atom stereocenters. The minimum absolute atomic E-state index is 0.00650. The molecule has 1 aromatic rings. The van der Waals surface area contributed by atoms with Gasteiger partial charge in [-0.25, -0.2) is 0 Å². The Morgan fingerprint density at radius 1 is 1.43 bits per heavy atom. The quantitative estimate of drug-likeness (QED) is 0.859. The van der Waals surface area contributed by atoms with Crippen molar-refractivity contribution in [2.75, 3.05) is 19.7 Å². The first-order valence-electron chi connectivity index (χ1n) is 8.04. The number of hydrogen-bond acceptors (Lipinski definition) is 3. The van der Waals surface area contributed by atoms with Crippen molar-refractivity contribution in [3.63, 3.8) is 0 Å². The van der Waals surface area contributed by atoms with Crippen LogP contribution in [0.15, 0.2) is 18.3 Å². The molecule has 4 heteroatoms. The SMILES string of the molecule is Cc1cc([C@H]2CN(C(=O)CC3CCCC3)CCO2)ccn1. The highest BCUT2D eigenvalue weighted by Gasteiger charge is 2.27. The van der Waals surface area contributed by atoms with Crippen molar-refractivity contribution in [3.05, 3.63) is 29.6 Å². The molecule has 0 radical (unpaired) electrons. The van der Waals surface area contributed by atoms with E-state index < -0.39 is 0 Å². The standard InChI is InChI=1S/C17H24N2O2/c1-13-10-15(6-7-18-13)16-12-19(8-9-21-16)17(20)11-14-4-2-3-5-14/h6-7,10,14,16H,2-5,8-9,11-12H2,1H3/t16-/m1/s1. The Morgan fingerprint density at radius 2 is 2.24 bits per heavy atom. The van der Waals surface area contributed by atoms with Crippen LogP contribution in [0.3, 0.4) is 0 Å².